The highest BCUT2D eigenvalue weighted by Gasteiger charge is 2.68. The molecule has 1 fully saturated rings. The molecule has 0 spiro atoms. The largest absolute Gasteiger partial charge is 0.493 e. The van der Waals surface area contributed by atoms with Crippen LogP contribution in [0.2, 0.25) is 0 Å². The van der Waals surface area contributed by atoms with Crippen molar-refractivity contribution in [2.75, 3.05) is 35.5 Å². The van der Waals surface area contributed by atoms with Gasteiger partial charge in [0, 0.05) is 7.05 Å². The molecule has 9 nitrogen and oxygen atoms in total. The van der Waals surface area contributed by atoms with Crippen LogP contribution in [0.4, 0.5) is 0 Å². The smallest absolute Gasteiger partial charge is 0.328 e. The van der Waals surface area contributed by atoms with Gasteiger partial charge in [-0.3, -0.25) is 24.1 Å². The summed E-state index contributed by atoms with van der Waals surface area (Å²) in [6, 6.07) is 3.06. The zero-order valence-electron chi connectivity index (χ0n) is 16.2. The van der Waals surface area contributed by atoms with Crippen LogP contribution < -0.4 is 9.47 Å². The van der Waals surface area contributed by atoms with Gasteiger partial charge < -0.3 is 18.9 Å². The van der Waals surface area contributed by atoms with Crippen LogP contribution in [0.5, 0.6) is 11.5 Å². The molecule has 1 aliphatic heterocycles. The number of imide groups is 1. The molecule has 0 aromatic heterocycles. The second kappa shape index (κ2) is 6.81. The first-order valence-corrected chi connectivity index (χ1v) is 8.53. The second-order valence-corrected chi connectivity index (χ2v) is 6.68. The van der Waals surface area contributed by atoms with Crippen molar-refractivity contribution in [3.05, 3.63) is 23.3 Å². The fraction of sp³-hybridized carbons (Fsp3) is 0.474. The van der Waals surface area contributed by atoms with Crippen LogP contribution in [0.3, 0.4) is 0 Å². The third-order valence-corrected chi connectivity index (χ3v) is 5.60. The monoisotopic (exact) mass is 391 g/mol. The lowest BCUT2D eigenvalue weighted by Gasteiger charge is -2.40. The van der Waals surface area contributed by atoms with E-state index >= 15 is 0 Å². The average Bonchev–Trinajstić information content (AvgIpc) is 2.93. The van der Waals surface area contributed by atoms with Crippen molar-refractivity contribution in [2.24, 2.45) is 11.8 Å². The van der Waals surface area contributed by atoms with Crippen molar-refractivity contribution in [1.82, 2.24) is 4.90 Å². The third kappa shape index (κ3) is 2.31. The molecule has 1 aliphatic carbocycles. The molecular formula is C19H21NO8. The summed E-state index contributed by atoms with van der Waals surface area (Å²) in [6.45, 7) is 0. The summed E-state index contributed by atoms with van der Waals surface area (Å²) >= 11 is 0. The lowest BCUT2D eigenvalue weighted by Crippen LogP contribution is -2.57. The van der Waals surface area contributed by atoms with Gasteiger partial charge in [-0.05, 0) is 29.7 Å². The van der Waals surface area contributed by atoms with Gasteiger partial charge in [0.25, 0.3) is 0 Å². The van der Waals surface area contributed by atoms with Crippen molar-refractivity contribution in [2.45, 2.75) is 11.8 Å². The Balaban J connectivity index is 2.42. The maximum Gasteiger partial charge on any atom is 0.328 e. The van der Waals surface area contributed by atoms with E-state index in [9.17, 15) is 19.2 Å². The molecule has 150 valence electrons. The van der Waals surface area contributed by atoms with Crippen LogP contribution in [-0.4, -0.2) is 64.1 Å². The number of amides is 2. The van der Waals surface area contributed by atoms with Gasteiger partial charge in [0.05, 0.1) is 40.3 Å². The van der Waals surface area contributed by atoms with Gasteiger partial charge >= 0.3 is 11.9 Å². The van der Waals surface area contributed by atoms with E-state index in [-0.39, 0.29) is 17.7 Å². The molecular weight excluding hydrogens is 370 g/mol. The van der Waals surface area contributed by atoms with Crippen molar-refractivity contribution in [1.29, 1.82) is 0 Å². The summed E-state index contributed by atoms with van der Waals surface area (Å²) in [6.07, 6.45) is 0.158. The number of rotatable bonds is 4. The number of fused-ring (bicyclic) bond motifs is 2. The Morgan fingerprint density at radius 1 is 0.964 bits per heavy atom. The van der Waals surface area contributed by atoms with E-state index in [0.29, 0.717) is 11.3 Å². The highest BCUT2D eigenvalue weighted by Crippen LogP contribution is 2.52. The number of nitrogens with zero attached hydrogens (tertiary/aromatic N) is 1. The maximum atomic E-state index is 13.0. The standard InChI is InChI=1S/C19H21NO8/c1-20-15(21)10-6-9-7-12(25-2)13(26-3)8-11(9)19(17(23)27-4,18(24)28-5)14(10)16(20)22/h7-8,10,14H,6H2,1-5H3/t10-,14+/m1/s1. The fourth-order valence-corrected chi connectivity index (χ4v) is 4.31. The van der Waals surface area contributed by atoms with Crippen LogP contribution in [-0.2, 0) is 40.5 Å². The van der Waals surface area contributed by atoms with E-state index in [4.69, 9.17) is 18.9 Å². The van der Waals surface area contributed by atoms with Gasteiger partial charge in [-0.25, -0.2) is 0 Å². The predicted octanol–water partition coefficient (Wildman–Crippen LogP) is 0.0747. The minimum absolute atomic E-state index is 0.158. The molecule has 1 heterocycles. The summed E-state index contributed by atoms with van der Waals surface area (Å²) in [7, 11) is 6.41. The van der Waals surface area contributed by atoms with Crippen LogP contribution in [0.15, 0.2) is 12.1 Å². The van der Waals surface area contributed by atoms with Gasteiger partial charge in [0.1, 0.15) is 0 Å². The lowest BCUT2D eigenvalue weighted by atomic mass is 9.59. The number of likely N-dealkylation sites (tertiary alicyclic amines) is 1. The quantitative estimate of drug-likeness (QED) is 0.403. The van der Waals surface area contributed by atoms with E-state index in [1.807, 2.05) is 0 Å². The third-order valence-electron chi connectivity index (χ3n) is 5.60. The topological polar surface area (TPSA) is 108 Å². The summed E-state index contributed by atoms with van der Waals surface area (Å²) in [5.74, 6) is -4.58. The van der Waals surface area contributed by atoms with Crippen LogP contribution in [0.25, 0.3) is 0 Å². The molecule has 2 atom stereocenters. The first kappa shape index (κ1) is 19.7. The van der Waals surface area contributed by atoms with E-state index in [1.165, 1.54) is 27.3 Å². The Labute approximate surface area is 161 Å². The molecule has 0 radical (unpaired) electrons. The Bertz CT molecular complexity index is 861. The molecule has 1 saturated heterocycles. The van der Waals surface area contributed by atoms with Crippen LogP contribution in [0, 0.1) is 11.8 Å². The molecule has 2 aliphatic rings. The molecule has 28 heavy (non-hydrogen) atoms. The second-order valence-electron chi connectivity index (χ2n) is 6.68. The first-order chi connectivity index (χ1) is 13.3. The molecule has 9 heteroatoms. The van der Waals surface area contributed by atoms with E-state index < -0.39 is 41.0 Å². The van der Waals surface area contributed by atoms with E-state index in [2.05, 4.69) is 0 Å². The number of benzene rings is 1. The summed E-state index contributed by atoms with van der Waals surface area (Å²) < 4.78 is 20.5. The summed E-state index contributed by atoms with van der Waals surface area (Å²) in [5, 5.41) is 0. The predicted molar refractivity (Wildman–Crippen MR) is 93.7 cm³/mol. The molecule has 0 unspecified atom stereocenters. The zero-order valence-corrected chi connectivity index (χ0v) is 16.2. The number of methoxy groups -OCH3 is 4. The molecule has 0 bridgehead atoms. The highest BCUT2D eigenvalue weighted by atomic mass is 16.5. The van der Waals surface area contributed by atoms with Crippen molar-refractivity contribution in [3.8, 4) is 11.5 Å². The fourth-order valence-electron chi connectivity index (χ4n) is 4.31. The minimum Gasteiger partial charge on any atom is -0.493 e. The minimum atomic E-state index is -2.13. The molecule has 0 saturated carbocycles. The first-order valence-electron chi connectivity index (χ1n) is 8.53. The van der Waals surface area contributed by atoms with Crippen molar-refractivity contribution < 1.29 is 38.1 Å². The molecule has 1 aromatic rings. The summed E-state index contributed by atoms with van der Waals surface area (Å²) in [5.41, 5.74) is -1.41. The van der Waals surface area contributed by atoms with Gasteiger partial charge in [-0.15, -0.1) is 0 Å². The SMILES string of the molecule is COC(=O)C1(C(=O)OC)c2cc(OC)c(OC)cc2C[C@H]2C(=O)N(C)C(=O)[C@H]21. The number of carbonyl (C=O) groups excluding carboxylic acids is 4. The van der Waals surface area contributed by atoms with Crippen LogP contribution >= 0.6 is 0 Å². The number of carbonyl (C=O) groups is 4. The molecule has 3 rings (SSSR count). The Hall–Kier alpha value is -3.10. The number of esters is 2. The highest BCUT2D eigenvalue weighted by molar-refractivity contribution is 6.17. The zero-order chi connectivity index (χ0) is 20.8. The Kier molecular flexibility index (Phi) is 4.78. The summed E-state index contributed by atoms with van der Waals surface area (Å²) in [4.78, 5) is 52.6. The molecule has 0 N–H and O–H groups in total. The number of hydrogen-bond donors (Lipinski definition) is 0. The normalized spacial score (nSPS) is 22.2. The van der Waals surface area contributed by atoms with Gasteiger partial charge in [-0.2, -0.15) is 0 Å². The number of ether oxygens (including phenoxy) is 4. The van der Waals surface area contributed by atoms with E-state index in [1.54, 1.807) is 6.07 Å². The van der Waals surface area contributed by atoms with Gasteiger partial charge in [-0.1, -0.05) is 0 Å². The maximum absolute atomic E-state index is 13.0. The van der Waals surface area contributed by atoms with E-state index in [0.717, 1.165) is 19.1 Å². The van der Waals surface area contributed by atoms with Gasteiger partial charge in [0.2, 0.25) is 17.2 Å². The van der Waals surface area contributed by atoms with Crippen molar-refractivity contribution in [3.63, 3.8) is 0 Å². The van der Waals surface area contributed by atoms with Crippen molar-refractivity contribution >= 4 is 23.8 Å². The molecule has 2 amide bonds. The average molecular weight is 391 g/mol. The Morgan fingerprint density at radius 2 is 1.50 bits per heavy atom. The van der Waals surface area contributed by atoms with Crippen LogP contribution in [0.1, 0.15) is 11.1 Å². The number of hydrogen-bond acceptors (Lipinski definition) is 8. The lowest BCUT2D eigenvalue weighted by molar-refractivity contribution is -0.169. The van der Waals surface area contributed by atoms with Gasteiger partial charge in [0.15, 0.2) is 11.5 Å². The molecule has 1 aromatic carbocycles. The Morgan fingerprint density at radius 3 is 2.00 bits per heavy atom.